The van der Waals surface area contributed by atoms with E-state index in [2.05, 4.69) is 5.32 Å². The van der Waals surface area contributed by atoms with Crippen LogP contribution in [0.2, 0.25) is 10.0 Å². The Hall–Kier alpha value is -1.80. The van der Waals surface area contributed by atoms with Crippen molar-refractivity contribution >= 4 is 44.8 Å². The third-order valence-corrected chi connectivity index (χ3v) is 6.77. The molecule has 1 N–H and O–H groups in total. The second-order valence-electron chi connectivity index (χ2n) is 6.06. The Morgan fingerprint density at radius 3 is 2.48 bits per heavy atom. The highest BCUT2D eigenvalue weighted by Crippen LogP contribution is 2.31. The van der Waals surface area contributed by atoms with Gasteiger partial charge in [-0.1, -0.05) is 23.2 Å². The monoisotopic (exact) mass is 428 g/mol. The lowest BCUT2D eigenvalue weighted by molar-refractivity contribution is 0.102. The molecule has 2 aromatic rings. The number of anilines is 1. The van der Waals surface area contributed by atoms with Crippen molar-refractivity contribution in [2.75, 3.05) is 25.5 Å². The van der Waals surface area contributed by atoms with Crippen molar-refractivity contribution in [3.05, 3.63) is 52.0 Å². The molecule has 2 aromatic carbocycles. The van der Waals surface area contributed by atoms with Crippen molar-refractivity contribution in [1.29, 1.82) is 0 Å². The van der Waals surface area contributed by atoms with Crippen LogP contribution < -0.4 is 10.1 Å². The third-order valence-electron chi connectivity index (χ3n) is 4.29. The SMILES string of the molecule is COc1ccc(C(=O)Nc2cc(Cl)ccc2Cl)cc1S(=O)(=O)N1CCCC1. The van der Waals surface area contributed by atoms with E-state index in [4.69, 9.17) is 27.9 Å². The summed E-state index contributed by atoms with van der Waals surface area (Å²) in [6.45, 7) is 0.917. The molecule has 0 radical (unpaired) electrons. The number of carbonyl (C=O) groups is 1. The lowest BCUT2D eigenvalue weighted by Gasteiger charge is -2.18. The van der Waals surface area contributed by atoms with Gasteiger partial charge in [0.05, 0.1) is 17.8 Å². The van der Waals surface area contributed by atoms with Crippen LogP contribution in [-0.4, -0.2) is 38.8 Å². The summed E-state index contributed by atoms with van der Waals surface area (Å²) in [5.41, 5.74) is 0.513. The predicted octanol–water partition coefficient (Wildman–Crippen LogP) is 4.04. The normalized spacial score (nSPS) is 14.9. The van der Waals surface area contributed by atoms with Gasteiger partial charge in [-0.3, -0.25) is 4.79 Å². The van der Waals surface area contributed by atoms with Crippen molar-refractivity contribution in [2.24, 2.45) is 0 Å². The maximum absolute atomic E-state index is 12.9. The topological polar surface area (TPSA) is 75.7 Å². The van der Waals surface area contributed by atoms with Crippen LogP contribution in [0.25, 0.3) is 0 Å². The molecule has 0 bridgehead atoms. The van der Waals surface area contributed by atoms with Crippen molar-refractivity contribution in [1.82, 2.24) is 4.31 Å². The van der Waals surface area contributed by atoms with Gasteiger partial charge in [0.15, 0.2) is 0 Å². The Bertz CT molecular complexity index is 973. The fourth-order valence-corrected chi connectivity index (χ4v) is 4.91. The number of nitrogens with one attached hydrogen (secondary N) is 1. The highest BCUT2D eigenvalue weighted by atomic mass is 35.5. The molecule has 3 rings (SSSR count). The molecule has 144 valence electrons. The lowest BCUT2D eigenvalue weighted by Crippen LogP contribution is -2.28. The van der Waals surface area contributed by atoms with E-state index < -0.39 is 15.9 Å². The van der Waals surface area contributed by atoms with Gasteiger partial charge < -0.3 is 10.1 Å². The standard InChI is InChI=1S/C18H18Cl2N2O4S/c1-26-16-7-4-12(10-17(16)27(24,25)22-8-2-3-9-22)18(23)21-15-11-13(19)5-6-14(15)20/h4-7,10-11H,2-3,8-9H2,1H3,(H,21,23). The number of nitrogens with zero attached hydrogens (tertiary/aromatic N) is 1. The van der Waals surface area contributed by atoms with Crippen molar-refractivity contribution in [2.45, 2.75) is 17.7 Å². The number of sulfonamides is 1. The first kappa shape index (κ1) is 19.9. The van der Waals surface area contributed by atoms with Gasteiger partial charge in [-0.25, -0.2) is 8.42 Å². The van der Waals surface area contributed by atoms with Crippen LogP contribution in [0.3, 0.4) is 0 Å². The summed E-state index contributed by atoms with van der Waals surface area (Å²) in [4.78, 5) is 12.6. The van der Waals surface area contributed by atoms with E-state index in [1.165, 1.54) is 35.7 Å². The molecular formula is C18H18Cl2N2O4S. The van der Waals surface area contributed by atoms with E-state index in [1.54, 1.807) is 12.1 Å². The number of rotatable bonds is 5. The first-order chi connectivity index (χ1) is 12.8. The number of amides is 1. The summed E-state index contributed by atoms with van der Waals surface area (Å²) in [5, 5.41) is 3.39. The largest absolute Gasteiger partial charge is 0.495 e. The molecule has 1 saturated heterocycles. The van der Waals surface area contributed by atoms with Crippen LogP contribution in [0.15, 0.2) is 41.3 Å². The summed E-state index contributed by atoms with van der Waals surface area (Å²) in [6.07, 6.45) is 1.63. The maximum atomic E-state index is 12.9. The molecule has 0 aromatic heterocycles. The molecule has 27 heavy (non-hydrogen) atoms. The Balaban J connectivity index is 1.95. The second kappa shape index (κ2) is 8.06. The van der Waals surface area contributed by atoms with Crippen LogP contribution in [0.5, 0.6) is 5.75 Å². The fraction of sp³-hybridized carbons (Fsp3) is 0.278. The second-order valence-corrected chi connectivity index (χ2v) is 8.81. The van der Waals surface area contributed by atoms with Crippen LogP contribution in [0, 0.1) is 0 Å². The molecule has 1 aliphatic rings. The van der Waals surface area contributed by atoms with E-state index in [-0.39, 0.29) is 16.2 Å². The number of hydrogen-bond donors (Lipinski definition) is 1. The zero-order valence-electron chi connectivity index (χ0n) is 14.5. The van der Waals surface area contributed by atoms with E-state index in [9.17, 15) is 13.2 Å². The van der Waals surface area contributed by atoms with Gasteiger partial charge in [-0.15, -0.1) is 0 Å². The average molecular weight is 429 g/mol. The van der Waals surface area contributed by atoms with Gasteiger partial charge in [-0.05, 0) is 49.2 Å². The van der Waals surface area contributed by atoms with Crippen molar-refractivity contribution in [3.63, 3.8) is 0 Å². The van der Waals surface area contributed by atoms with Crippen LogP contribution in [0.4, 0.5) is 5.69 Å². The zero-order chi connectivity index (χ0) is 19.6. The Morgan fingerprint density at radius 2 is 1.81 bits per heavy atom. The fourth-order valence-electron chi connectivity index (χ4n) is 2.87. The van der Waals surface area contributed by atoms with Gasteiger partial charge >= 0.3 is 0 Å². The summed E-state index contributed by atoms with van der Waals surface area (Å²) in [7, 11) is -2.35. The Labute approximate surface area is 168 Å². The minimum Gasteiger partial charge on any atom is -0.495 e. The minimum absolute atomic E-state index is 0.0308. The Kier molecular flexibility index (Phi) is 5.95. The average Bonchev–Trinajstić information content (AvgIpc) is 3.19. The molecule has 6 nitrogen and oxygen atoms in total. The summed E-state index contributed by atoms with van der Waals surface area (Å²) < 4.78 is 32.4. The van der Waals surface area contributed by atoms with Gasteiger partial charge in [0.1, 0.15) is 10.6 Å². The lowest BCUT2D eigenvalue weighted by atomic mass is 10.2. The molecule has 1 heterocycles. The first-order valence-corrected chi connectivity index (χ1v) is 10.5. The molecular weight excluding hydrogens is 411 g/mol. The zero-order valence-corrected chi connectivity index (χ0v) is 16.9. The van der Waals surface area contributed by atoms with Gasteiger partial charge in [-0.2, -0.15) is 4.31 Å². The third kappa shape index (κ3) is 4.21. The Morgan fingerprint density at radius 1 is 1.11 bits per heavy atom. The quantitative estimate of drug-likeness (QED) is 0.779. The van der Waals surface area contributed by atoms with E-state index in [0.29, 0.717) is 28.8 Å². The summed E-state index contributed by atoms with van der Waals surface area (Å²) in [6, 6.07) is 8.98. The number of benzene rings is 2. The molecule has 1 amide bonds. The van der Waals surface area contributed by atoms with Crippen LogP contribution in [-0.2, 0) is 10.0 Å². The van der Waals surface area contributed by atoms with Gasteiger partial charge in [0.25, 0.3) is 5.91 Å². The number of hydrogen-bond acceptors (Lipinski definition) is 4. The predicted molar refractivity (Wildman–Crippen MR) is 105 cm³/mol. The molecule has 0 saturated carbocycles. The summed E-state index contributed by atoms with van der Waals surface area (Å²) >= 11 is 12.0. The number of halogens is 2. The molecule has 0 aliphatic carbocycles. The molecule has 1 aliphatic heterocycles. The highest BCUT2D eigenvalue weighted by molar-refractivity contribution is 7.89. The number of methoxy groups -OCH3 is 1. The summed E-state index contributed by atoms with van der Waals surface area (Å²) in [5.74, 6) is -0.307. The van der Waals surface area contributed by atoms with Crippen molar-refractivity contribution in [3.8, 4) is 5.75 Å². The molecule has 0 atom stereocenters. The maximum Gasteiger partial charge on any atom is 0.255 e. The number of ether oxygens (including phenoxy) is 1. The smallest absolute Gasteiger partial charge is 0.255 e. The van der Waals surface area contributed by atoms with E-state index >= 15 is 0 Å². The van der Waals surface area contributed by atoms with Crippen LogP contribution in [0.1, 0.15) is 23.2 Å². The van der Waals surface area contributed by atoms with Crippen molar-refractivity contribution < 1.29 is 17.9 Å². The first-order valence-electron chi connectivity index (χ1n) is 8.27. The van der Waals surface area contributed by atoms with E-state index in [1.807, 2.05) is 0 Å². The highest BCUT2D eigenvalue weighted by Gasteiger charge is 2.30. The molecule has 1 fully saturated rings. The molecule has 9 heteroatoms. The van der Waals surface area contributed by atoms with Gasteiger partial charge in [0.2, 0.25) is 10.0 Å². The van der Waals surface area contributed by atoms with Crippen LogP contribution >= 0.6 is 23.2 Å². The number of carbonyl (C=O) groups excluding carboxylic acids is 1. The molecule has 0 unspecified atom stereocenters. The minimum atomic E-state index is -3.74. The van der Waals surface area contributed by atoms with Gasteiger partial charge in [0, 0.05) is 23.7 Å². The molecule has 0 spiro atoms. The van der Waals surface area contributed by atoms with E-state index in [0.717, 1.165) is 12.8 Å².